The largest absolute Gasteiger partial charge is 0.463 e. The normalized spacial score (nSPS) is 12.2. The highest BCUT2D eigenvalue weighted by Gasteiger charge is 2.19. The van der Waals surface area contributed by atoms with Crippen LogP contribution in [0.3, 0.4) is 0 Å². The van der Waals surface area contributed by atoms with Crippen LogP contribution in [-0.2, 0) is 19.1 Å². The average Bonchev–Trinajstić information content (AvgIpc) is 2.36. The molecule has 102 valence electrons. The average molecular weight is 327 g/mol. The van der Waals surface area contributed by atoms with Gasteiger partial charge in [0.15, 0.2) is 0 Å². The van der Waals surface area contributed by atoms with Gasteiger partial charge in [0, 0.05) is 11.4 Å². The van der Waals surface area contributed by atoms with E-state index in [1.54, 1.807) is 13.0 Å². The Kier molecular flexibility index (Phi) is 6.29. The molecule has 0 aliphatic rings. The van der Waals surface area contributed by atoms with Crippen molar-refractivity contribution in [1.82, 2.24) is 0 Å². The highest BCUT2D eigenvalue weighted by atomic mass is 79.9. The van der Waals surface area contributed by atoms with Crippen molar-refractivity contribution in [2.75, 3.05) is 6.61 Å². The minimum absolute atomic E-state index is 0.239. The lowest BCUT2D eigenvalue weighted by Crippen LogP contribution is -2.26. The monoisotopic (exact) mass is 326 g/mol. The molecule has 19 heavy (non-hydrogen) atoms. The van der Waals surface area contributed by atoms with Crippen molar-refractivity contribution in [3.63, 3.8) is 0 Å². The number of halogens is 1. The van der Waals surface area contributed by atoms with Crippen LogP contribution in [0.25, 0.3) is 6.08 Å². The molecule has 0 radical (unpaired) electrons. The smallest absolute Gasteiger partial charge is 0.351 e. The van der Waals surface area contributed by atoms with Gasteiger partial charge in [-0.1, -0.05) is 34.1 Å². The molecule has 0 aliphatic heterocycles. The van der Waals surface area contributed by atoms with Crippen LogP contribution in [-0.4, -0.2) is 24.6 Å². The van der Waals surface area contributed by atoms with Crippen molar-refractivity contribution < 1.29 is 19.1 Å². The van der Waals surface area contributed by atoms with E-state index in [2.05, 4.69) is 15.9 Å². The molecule has 1 rings (SSSR count). The third kappa shape index (κ3) is 5.70. The quantitative estimate of drug-likeness (QED) is 0.780. The third-order valence-electron chi connectivity index (χ3n) is 2.15. The molecule has 1 atom stereocenters. The summed E-state index contributed by atoms with van der Waals surface area (Å²) in [7, 11) is 0. The molecule has 0 N–H and O–H groups in total. The molecule has 0 heterocycles. The van der Waals surface area contributed by atoms with Crippen molar-refractivity contribution >= 4 is 33.9 Å². The van der Waals surface area contributed by atoms with Crippen LogP contribution in [0.5, 0.6) is 0 Å². The highest BCUT2D eigenvalue weighted by Crippen LogP contribution is 2.12. The van der Waals surface area contributed by atoms with Gasteiger partial charge in [-0.3, -0.25) is 4.79 Å². The van der Waals surface area contributed by atoms with Crippen LogP contribution in [0.4, 0.5) is 0 Å². The van der Waals surface area contributed by atoms with Crippen LogP contribution in [0.15, 0.2) is 34.8 Å². The number of rotatable bonds is 5. The second-order valence-electron chi connectivity index (χ2n) is 3.69. The first-order valence-electron chi connectivity index (χ1n) is 5.80. The maximum absolute atomic E-state index is 11.6. The SMILES string of the molecule is CCOC(=O)C(/C=C/c1ccc(Br)cc1)OC(C)=O. The molecule has 1 aromatic carbocycles. The summed E-state index contributed by atoms with van der Waals surface area (Å²) in [4.78, 5) is 22.5. The predicted octanol–water partition coefficient (Wildman–Crippen LogP) is 2.96. The molecule has 0 spiro atoms. The Hall–Kier alpha value is -1.62. The maximum atomic E-state index is 11.6. The number of ether oxygens (including phenoxy) is 2. The molecule has 0 fully saturated rings. The minimum atomic E-state index is -1.01. The van der Waals surface area contributed by atoms with Crippen molar-refractivity contribution in [3.8, 4) is 0 Å². The summed E-state index contributed by atoms with van der Waals surface area (Å²) in [6, 6.07) is 7.50. The standard InChI is InChI=1S/C14H15BrO4/c1-3-18-14(17)13(19-10(2)16)9-6-11-4-7-12(15)8-5-11/h4-9,13H,3H2,1-2H3/b9-6+. The maximum Gasteiger partial charge on any atom is 0.351 e. The van der Waals surface area contributed by atoms with Crippen molar-refractivity contribution in [2.24, 2.45) is 0 Å². The molecule has 0 aromatic heterocycles. The summed E-state index contributed by atoms with van der Waals surface area (Å²) in [6.07, 6.45) is 2.20. The minimum Gasteiger partial charge on any atom is -0.463 e. The Morgan fingerprint density at radius 1 is 1.32 bits per heavy atom. The first-order chi connectivity index (χ1) is 9.02. The van der Waals surface area contributed by atoms with E-state index in [-0.39, 0.29) is 6.61 Å². The molecule has 0 saturated heterocycles. The Morgan fingerprint density at radius 2 is 1.95 bits per heavy atom. The summed E-state index contributed by atoms with van der Waals surface area (Å²) >= 11 is 3.33. The van der Waals surface area contributed by atoms with Crippen molar-refractivity contribution in [2.45, 2.75) is 20.0 Å². The summed E-state index contributed by atoms with van der Waals surface area (Å²) in [5.41, 5.74) is 0.893. The highest BCUT2D eigenvalue weighted by molar-refractivity contribution is 9.10. The summed E-state index contributed by atoms with van der Waals surface area (Å²) < 4.78 is 10.7. The number of esters is 2. The van der Waals surface area contributed by atoms with Crippen LogP contribution >= 0.6 is 15.9 Å². The Labute approximate surface area is 120 Å². The van der Waals surface area contributed by atoms with Crippen LogP contribution in [0.2, 0.25) is 0 Å². The Bertz CT molecular complexity index is 465. The van der Waals surface area contributed by atoms with E-state index in [0.717, 1.165) is 10.0 Å². The molecule has 0 saturated carbocycles. The van der Waals surface area contributed by atoms with Gasteiger partial charge in [0.25, 0.3) is 0 Å². The fourth-order valence-electron chi connectivity index (χ4n) is 1.34. The van der Waals surface area contributed by atoms with E-state index >= 15 is 0 Å². The zero-order valence-corrected chi connectivity index (χ0v) is 12.3. The lowest BCUT2D eigenvalue weighted by atomic mass is 10.2. The van der Waals surface area contributed by atoms with Gasteiger partial charge in [-0.25, -0.2) is 4.79 Å². The fraction of sp³-hybridized carbons (Fsp3) is 0.286. The molecule has 4 nitrogen and oxygen atoms in total. The van der Waals surface area contributed by atoms with Crippen LogP contribution < -0.4 is 0 Å². The van der Waals surface area contributed by atoms with Crippen molar-refractivity contribution in [3.05, 3.63) is 40.4 Å². The number of hydrogen-bond donors (Lipinski definition) is 0. The van der Waals surface area contributed by atoms with E-state index in [1.165, 1.54) is 13.0 Å². The lowest BCUT2D eigenvalue weighted by molar-refractivity contribution is -0.162. The molecular weight excluding hydrogens is 312 g/mol. The third-order valence-corrected chi connectivity index (χ3v) is 2.67. The van der Waals surface area contributed by atoms with E-state index < -0.39 is 18.0 Å². The van der Waals surface area contributed by atoms with E-state index in [9.17, 15) is 9.59 Å². The zero-order chi connectivity index (χ0) is 14.3. The summed E-state index contributed by atoms with van der Waals surface area (Å²) in [5.74, 6) is -1.11. The number of carbonyl (C=O) groups excluding carboxylic acids is 2. The lowest BCUT2D eigenvalue weighted by Gasteiger charge is -2.11. The number of benzene rings is 1. The van der Waals surface area contributed by atoms with E-state index in [1.807, 2.05) is 24.3 Å². The fourth-order valence-corrected chi connectivity index (χ4v) is 1.61. The van der Waals surface area contributed by atoms with E-state index in [4.69, 9.17) is 9.47 Å². The topological polar surface area (TPSA) is 52.6 Å². The second-order valence-corrected chi connectivity index (χ2v) is 4.61. The first kappa shape index (κ1) is 15.4. The van der Waals surface area contributed by atoms with Gasteiger partial charge in [-0.15, -0.1) is 0 Å². The molecule has 0 bridgehead atoms. The summed E-state index contributed by atoms with van der Waals surface area (Å²) in [5, 5.41) is 0. The van der Waals surface area contributed by atoms with Gasteiger partial charge < -0.3 is 9.47 Å². The number of carbonyl (C=O) groups is 2. The molecule has 1 aromatic rings. The van der Waals surface area contributed by atoms with Crippen LogP contribution in [0.1, 0.15) is 19.4 Å². The van der Waals surface area contributed by atoms with Gasteiger partial charge in [0.2, 0.25) is 6.10 Å². The first-order valence-corrected chi connectivity index (χ1v) is 6.60. The molecular formula is C14H15BrO4. The Balaban J connectivity index is 2.78. The Morgan fingerprint density at radius 3 is 2.47 bits per heavy atom. The second kappa shape index (κ2) is 7.74. The van der Waals surface area contributed by atoms with Gasteiger partial charge in [-0.05, 0) is 30.7 Å². The van der Waals surface area contributed by atoms with Gasteiger partial charge in [0.05, 0.1) is 6.61 Å². The van der Waals surface area contributed by atoms with E-state index in [0.29, 0.717) is 0 Å². The number of hydrogen-bond acceptors (Lipinski definition) is 4. The molecule has 0 amide bonds. The van der Waals surface area contributed by atoms with Crippen LogP contribution in [0, 0.1) is 0 Å². The summed E-state index contributed by atoms with van der Waals surface area (Å²) in [6.45, 7) is 3.18. The molecule has 1 unspecified atom stereocenters. The van der Waals surface area contributed by atoms with Gasteiger partial charge >= 0.3 is 11.9 Å². The van der Waals surface area contributed by atoms with Gasteiger partial charge in [-0.2, -0.15) is 0 Å². The molecule has 0 aliphatic carbocycles. The van der Waals surface area contributed by atoms with Gasteiger partial charge in [0.1, 0.15) is 0 Å². The molecule has 5 heteroatoms. The zero-order valence-electron chi connectivity index (χ0n) is 10.8. The predicted molar refractivity (Wildman–Crippen MR) is 75.4 cm³/mol. The van der Waals surface area contributed by atoms with Crippen molar-refractivity contribution in [1.29, 1.82) is 0 Å².